The van der Waals surface area contributed by atoms with Gasteiger partial charge in [-0.05, 0) is 25.1 Å². The summed E-state index contributed by atoms with van der Waals surface area (Å²) in [6.07, 6.45) is 2.47. The van der Waals surface area contributed by atoms with E-state index in [0.717, 1.165) is 0 Å². The quantitative estimate of drug-likeness (QED) is 0.702. The second-order valence-electron chi connectivity index (χ2n) is 4.75. The summed E-state index contributed by atoms with van der Waals surface area (Å²) >= 11 is 0. The second-order valence-corrected chi connectivity index (χ2v) is 4.75. The topological polar surface area (TPSA) is 100 Å². The van der Waals surface area contributed by atoms with Crippen molar-refractivity contribution in [3.05, 3.63) is 40.3 Å². The minimum absolute atomic E-state index is 0.0569. The van der Waals surface area contributed by atoms with Crippen molar-refractivity contribution in [2.75, 3.05) is 13.2 Å². The van der Waals surface area contributed by atoms with E-state index in [-0.39, 0.29) is 36.5 Å². The number of benzene rings is 1. The van der Waals surface area contributed by atoms with E-state index >= 15 is 0 Å². The van der Waals surface area contributed by atoms with Gasteiger partial charge in [0.1, 0.15) is 28.0 Å². The van der Waals surface area contributed by atoms with Gasteiger partial charge in [0.05, 0.1) is 19.3 Å². The summed E-state index contributed by atoms with van der Waals surface area (Å²) < 4.78 is 10.7. The van der Waals surface area contributed by atoms with Crippen molar-refractivity contribution in [2.24, 2.45) is 0 Å². The molecule has 0 aliphatic rings. The molecule has 2 rings (SSSR count). The van der Waals surface area contributed by atoms with Crippen LogP contribution < -0.4 is 10.4 Å². The molecule has 0 aliphatic carbocycles. The molecule has 2 aromatic rings. The maximum absolute atomic E-state index is 11.8. The first kappa shape index (κ1) is 16.1. The van der Waals surface area contributed by atoms with Crippen molar-refractivity contribution in [1.29, 1.82) is 0 Å². The number of fused-ring (bicyclic) bond motifs is 1. The molecule has 1 atom stereocenters. The molecule has 22 heavy (non-hydrogen) atoms. The Morgan fingerprint density at radius 2 is 2.18 bits per heavy atom. The van der Waals surface area contributed by atoms with E-state index in [4.69, 9.17) is 14.3 Å². The Hall–Kier alpha value is -2.31. The fourth-order valence-electron chi connectivity index (χ4n) is 2.05. The Morgan fingerprint density at radius 3 is 2.86 bits per heavy atom. The van der Waals surface area contributed by atoms with Crippen molar-refractivity contribution < 1.29 is 24.5 Å². The number of aliphatic hydroxyl groups is 2. The molecule has 0 radical (unpaired) electrons. The van der Waals surface area contributed by atoms with Gasteiger partial charge >= 0.3 is 5.63 Å². The molecule has 0 bridgehead atoms. The molecule has 0 fully saturated rings. The molecular formula is C16H18O6. The molecule has 118 valence electrons. The zero-order valence-electron chi connectivity index (χ0n) is 12.2. The van der Waals surface area contributed by atoms with Crippen LogP contribution in [0, 0.1) is 0 Å². The van der Waals surface area contributed by atoms with E-state index < -0.39 is 11.7 Å². The third-order valence-electron chi connectivity index (χ3n) is 3.16. The summed E-state index contributed by atoms with van der Waals surface area (Å²) in [4.78, 5) is 11.8. The summed E-state index contributed by atoms with van der Waals surface area (Å²) in [5.41, 5.74) is -0.353. The monoisotopic (exact) mass is 306 g/mol. The molecule has 1 heterocycles. The van der Waals surface area contributed by atoms with Gasteiger partial charge < -0.3 is 24.5 Å². The number of hydrogen-bond donors (Lipinski definition) is 3. The smallest absolute Gasteiger partial charge is 0.347 e. The summed E-state index contributed by atoms with van der Waals surface area (Å²) in [5, 5.41) is 28.7. The van der Waals surface area contributed by atoms with Crippen molar-refractivity contribution in [1.82, 2.24) is 0 Å². The molecule has 0 saturated heterocycles. The van der Waals surface area contributed by atoms with Crippen LogP contribution >= 0.6 is 0 Å². The van der Waals surface area contributed by atoms with E-state index in [1.54, 1.807) is 31.2 Å². The summed E-state index contributed by atoms with van der Waals surface area (Å²) in [5.74, 6) is 0.136. The molecule has 0 aliphatic heterocycles. The van der Waals surface area contributed by atoms with Crippen LogP contribution in [0.3, 0.4) is 0 Å². The highest BCUT2D eigenvalue weighted by molar-refractivity contribution is 5.91. The maximum Gasteiger partial charge on any atom is 0.347 e. The Balaban J connectivity index is 2.42. The van der Waals surface area contributed by atoms with Crippen LogP contribution in [0.1, 0.15) is 18.9 Å². The summed E-state index contributed by atoms with van der Waals surface area (Å²) in [6, 6.07) is 4.83. The largest absolute Gasteiger partial charge is 0.506 e. The van der Waals surface area contributed by atoms with Crippen molar-refractivity contribution >= 4 is 17.0 Å². The molecule has 1 aromatic heterocycles. The van der Waals surface area contributed by atoms with Gasteiger partial charge in [-0.15, -0.1) is 0 Å². The van der Waals surface area contributed by atoms with E-state index in [2.05, 4.69) is 0 Å². The third kappa shape index (κ3) is 3.29. The predicted octanol–water partition coefficient (Wildman–Crippen LogP) is 1.65. The van der Waals surface area contributed by atoms with Crippen LogP contribution in [0.4, 0.5) is 0 Å². The zero-order valence-corrected chi connectivity index (χ0v) is 12.2. The number of aromatic hydroxyl groups is 1. The molecule has 0 amide bonds. The van der Waals surface area contributed by atoms with Crippen molar-refractivity contribution in [2.45, 2.75) is 19.4 Å². The standard InChI is InChI=1S/C16H18O6/c1-2-4-11-15(19)14-12(21-8-7-10(18)9-17)5-3-6-13(14)22-16(11)20/h2-6,10,17-19H,7-9H2,1H3. The average molecular weight is 306 g/mol. The van der Waals surface area contributed by atoms with E-state index in [1.807, 2.05) is 0 Å². The first-order valence-electron chi connectivity index (χ1n) is 6.91. The number of allylic oxidation sites excluding steroid dienone is 1. The minimum Gasteiger partial charge on any atom is -0.506 e. The lowest BCUT2D eigenvalue weighted by Crippen LogP contribution is -2.16. The Morgan fingerprint density at radius 1 is 1.41 bits per heavy atom. The molecule has 3 N–H and O–H groups in total. The molecule has 0 saturated carbocycles. The van der Waals surface area contributed by atoms with Gasteiger partial charge in [0.2, 0.25) is 0 Å². The summed E-state index contributed by atoms with van der Waals surface area (Å²) in [6.45, 7) is 1.53. The zero-order chi connectivity index (χ0) is 16.1. The Kier molecular flexibility index (Phi) is 5.19. The highest BCUT2D eigenvalue weighted by atomic mass is 16.5. The molecule has 0 spiro atoms. The highest BCUT2D eigenvalue weighted by Crippen LogP contribution is 2.34. The first-order chi connectivity index (χ1) is 10.6. The first-order valence-corrected chi connectivity index (χ1v) is 6.91. The Labute approximate surface area is 126 Å². The number of hydrogen-bond acceptors (Lipinski definition) is 6. The molecular weight excluding hydrogens is 288 g/mol. The van der Waals surface area contributed by atoms with Gasteiger partial charge in [-0.2, -0.15) is 0 Å². The summed E-state index contributed by atoms with van der Waals surface area (Å²) in [7, 11) is 0. The molecule has 1 aromatic carbocycles. The number of rotatable bonds is 6. The van der Waals surface area contributed by atoms with E-state index in [9.17, 15) is 15.0 Å². The maximum atomic E-state index is 11.8. The van der Waals surface area contributed by atoms with Crippen LogP contribution in [0.2, 0.25) is 0 Å². The van der Waals surface area contributed by atoms with Gasteiger partial charge in [0.25, 0.3) is 0 Å². The minimum atomic E-state index is -0.861. The molecule has 6 nitrogen and oxygen atoms in total. The fraction of sp³-hybridized carbons (Fsp3) is 0.312. The number of aliphatic hydroxyl groups excluding tert-OH is 2. The van der Waals surface area contributed by atoms with Gasteiger partial charge in [0, 0.05) is 6.42 Å². The van der Waals surface area contributed by atoms with Gasteiger partial charge in [0.15, 0.2) is 0 Å². The van der Waals surface area contributed by atoms with Crippen LogP contribution in [0.15, 0.2) is 33.5 Å². The van der Waals surface area contributed by atoms with Crippen LogP contribution in [-0.4, -0.2) is 34.6 Å². The molecule has 1 unspecified atom stereocenters. The SMILES string of the molecule is CC=Cc1c(O)c2c(OCCC(O)CO)cccc2oc1=O. The van der Waals surface area contributed by atoms with E-state index in [0.29, 0.717) is 11.1 Å². The van der Waals surface area contributed by atoms with Crippen LogP contribution in [-0.2, 0) is 0 Å². The van der Waals surface area contributed by atoms with Crippen molar-refractivity contribution in [3.63, 3.8) is 0 Å². The lowest BCUT2D eigenvalue weighted by molar-refractivity contribution is 0.0756. The van der Waals surface area contributed by atoms with Gasteiger partial charge in [-0.3, -0.25) is 0 Å². The van der Waals surface area contributed by atoms with E-state index in [1.165, 1.54) is 6.08 Å². The lowest BCUT2D eigenvalue weighted by Gasteiger charge is -2.12. The normalized spacial score (nSPS) is 12.9. The Bertz CT molecular complexity index is 731. The van der Waals surface area contributed by atoms with Crippen LogP contribution in [0.5, 0.6) is 11.5 Å². The molecule has 6 heteroatoms. The highest BCUT2D eigenvalue weighted by Gasteiger charge is 2.16. The fourth-order valence-corrected chi connectivity index (χ4v) is 2.05. The van der Waals surface area contributed by atoms with Gasteiger partial charge in [-0.1, -0.05) is 12.1 Å². The van der Waals surface area contributed by atoms with Crippen molar-refractivity contribution in [3.8, 4) is 11.5 Å². The predicted molar refractivity (Wildman–Crippen MR) is 82.1 cm³/mol. The van der Waals surface area contributed by atoms with Crippen LogP contribution in [0.25, 0.3) is 17.0 Å². The third-order valence-corrected chi connectivity index (χ3v) is 3.16. The second kappa shape index (κ2) is 7.11. The van der Waals surface area contributed by atoms with Gasteiger partial charge in [-0.25, -0.2) is 4.79 Å². The lowest BCUT2D eigenvalue weighted by atomic mass is 10.1. The number of ether oxygens (including phenoxy) is 1. The average Bonchev–Trinajstić information content (AvgIpc) is 2.51.